The molecular weight excluding hydrogens is 286 g/mol. The van der Waals surface area contributed by atoms with Crippen LogP contribution in [0.25, 0.3) is 0 Å². The largest absolute Gasteiger partial charge is 0.481 e. The monoisotopic (exact) mass is 307 g/mol. The van der Waals surface area contributed by atoms with Crippen molar-refractivity contribution in [3.8, 4) is 0 Å². The number of carboxylic acid groups (broad SMARTS) is 1. The van der Waals surface area contributed by atoms with Crippen LogP contribution in [-0.4, -0.2) is 65.0 Å². The predicted molar refractivity (Wildman–Crippen MR) is 77.6 cm³/mol. The molecule has 3 rings (SSSR count). The number of aryl methyl sites for hydroxylation is 2. The van der Waals surface area contributed by atoms with Gasteiger partial charge in [-0.25, -0.2) is 4.98 Å². The van der Waals surface area contributed by atoms with Gasteiger partial charge in [0.05, 0.1) is 0 Å². The zero-order valence-corrected chi connectivity index (χ0v) is 13.1. The number of rotatable bonds is 2. The summed E-state index contributed by atoms with van der Waals surface area (Å²) in [6.45, 7) is 5.46. The first-order chi connectivity index (χ1) is 10.3. The lowest BCUT2D eigenvalue weighted by molar-refractivity contribution is -0.153. The number of aliphatic carboxylic acids is 1. The van der Waals surface area contributed by atoms with E-state index in [4.69, 9.17) is 4.42 Å². The second-order valence-electron chi connectivity index (χ2n) is 6.51. The number of carbonyl (C=O) groups is 2. The number of amides is 1. The number of hydrogen-bond donors (Lipinski definition) is 1. The van der Waals surface area contributed by atoms with Crippen LogP contribution in [0.2, 0.25) is 0 Å². The molecule has 0 spiro atoms. The van der Waals surface area contributed by atoms with Crippen LogP contribution in [0.15, 0.2) is 4.42 Å². The Morgan fingerprint density at radius 2 is 2.09 bits per heavy atom. The van der Waals surface area contributed by atoms with E-state index in [-0.39, 0.29) is 18.4 Å². The van der Waals surface area contributed by atoms with E-state index < -0.39 is 11.4 Å². The highest BCUT2D eigenvalue weighted by molar-refractivity contribution is 5.94. The number of likely N-dealkylation sites (tertiary alicyclic amines) is 2. The predicted octanol–water partition coefficient (Wildman–Crippen LogP) is 0.770. The van der Waals surface area contributed by atoms with Crippen molar-refractivity contribution in [2.24, 2.45) is 11.3 Å². The second kappa shape index (κ2) is 5.08. The van der Waals surface area contributed by atoms with E-state index >= 15 is 0 Å². The van der Waals surface area contributed by atoms with Gasteiger partial charge < -0.3 is 19.3 Å². The summed E-state index contributed by atoms with van der Waals surface area (Å²) >= 11 is 0. The third-order valence-electron chi connectivity index (χ3n) is 4.93. The van der Waals surface area contributed by atoms with E-state index in [2.05, 4.69) is 4.98 Å². The van der Waals surface area contributed by atoms with E-state index in [0.29, 0.717) is 30.4 Å². The van der Waals surface area contributed by atoms with E-state index in [0.717, 1.165) is 13.0 Å². The minimum Gasteiger partial charge on any atom is -0.481 e. The number of oxazole rings is 1. The molecule has 1 N–H and O–H groups in total. The molecule has 7 heteroatoms. The molecule has 2 saturated heterocycles. The van der Waals surface area contributed by atoms with Crippen molar-refractivity contribution >= 4 is 11.9 Å². The molecule has 0 saturated carbocycles. The molecule has 0 radical (unpaired) electrons. The molecule has 2 aliphatic rings. The molecular formula is C15H21N3O4. The first-order valence-corrected chi connectivity index (χ1v) is 7.49. The molecule has 1 aromatic heterocycles. The molecule has 3 heterocycles. The Kier molecular flexibility index (Phi) is 3.47. The lowest BCUT2D eigenvalue weighted by atomic mass is 9.73. The maximum atomic E-state index is 12.7. The Hall–Kier alpha value is -1.89. The Labute approximate surface area is 128 Å². The van der Waals surface area contributed by atoms with E-state index in [1.807, 2.05) is 11.9 Å². The summed E-state index contributed by atoms with van der Waals surface area (Å²) in [5.74, 6) is -0.109. The molecule has 2 unspecified atom stereocenters. The summed E-state index contributed by atoms with van der Waals surface area (Å²) in [6, 6.07) is 0. The highest BCUT2D eigenvalue weighted by Crippen LogP contribution is 2.42. The number of carboxylic acids is 1. The summed E-state index contributed by atoms with van der Waals surface area (Å²) in [5.41, 5.74) is -0.569. The average Bonchev–Trinajstić information content (AvgIpc) is 2.98. The molecule has 0 bridgehead atoms. The van der Waals surface area contributed by atoms with Gasteiger partial charge in [0.15, 0.2) is 11.6 Å². The van der Waals surface area contributed by atoms with Crippen LogP contribution in [0.1, 0.15) is 28.6 Å². The quantitative estimate of drug-likeness (QED) is 0.868. The number of piperidine rings is 1. The first-order valence-electron chi connectivity index (χ1n) is 7.49. The second-order valence-corrected chi connectivity index (χ2v) is 6.51. The fraction of sp³-hybridized carbons (Fsp3) is 0.667. The molecule has 2 fully saturated rings. The van der Waals surface area contributed by atoms with Crippen molar-refractivity contribution in [1.82, 2.24) is 14.8 Å². The van der Waals surface area contributed by atoms with Gasteiger partial charge in [-0.3, -0.25) is 9.59 Å². The third-order valence-corrected chi connectivity index (χ3v) is 4.93. The number of fused-ring (bicyclic) bond motifs is 1. The van der Waals surface area contributed by atoms with Crippen LogP contribution >= 0.6 is 0 Å². The SMILES string of the molecule is Cc1nc(C(=O)N2CC3CCN(C)CC3(C(=O)O)C2)c(C)o1. The fourth-order valence-electron chi connectivity index (χ4n) is 3.80. The Morgan fingerprint density at radius 1 is 1.36 bits per heavy atom. The van der Waals surface area contributed by atoms with Crippen LogP contribution in [0.4, 0.5) is 0 Å². The van der Waals surface area contributed by atoms with Gasteiger partial charge >= 0.3 is 5.97 Å². The molecule has 22 heavy (non-hydrogen) atoms. The number of carbonyl (C=O) groups excluding carboxylic acids is 1. The topological polar surface area (TPSA) is 86.9 Å². The smallest absolute Gasteiger partial charge is 0.313 e. The van der Waals surface area contributed by atoms with Gasteiger partial charge in [0, 0.05) is 26.6 Å². The normalized spacial score (nSPS) is 28.7. The van der Waals surface area contributed by atoms with E-state index in [9.17, 15) is 14.7 Å². The van der Waals surface area contributed by atoms with Gasteiger partial charge in [0.2, 0.25) is 0 Å². The van der Waals surface area contributed by atoms with Crippen molar-refractivity contribution in [2.45, 2.75) is 20.3 Å². The minimum atomic E-state index is -0.866. The Bertz CT molecular complexity index is 626. The van der Waals surface area contributed by atoms with Crippen molar-refractivity contribution in [1.29, 1.82) is 0 Å². The number of hydrogen-bond acceptors (Lipinski definition) is 5. The van der Waals surface area contributed by atoms with Gasteiger partial charge in [0.1, 0.15) is 11.2 Å². The summed E-state index contributed by atoms with van der Waals surface area (Å²) < 4.78 is 5.32. The third kappa shape index (κ3) is 2.20. The zero-order chi connectivity index (χ0) is 16.1. The number of aromatic nitrogens is 1. The Balaban J connectivity index is 1.87. The first kappa shape index (κ1) is 15.0. The molecule has 120 valence electrons. The molecule has 1 aromatic rings. The summed E-state index contributed by atoms with van der Waals surface area (Å²) in [6.07, 6.45) is 0.795. The number of nitrogens with zero attached hydrogens (tertiary/aromatic N) is 3. The van der Waals surface area contributed by atoms with Gasteiger partial charge in [0.25, 0.3) is 5.91 Å². The summed E-state index contributed by atoms with van der Waals surface area (Å²) in [5, 5.41) is 9.75. The van der Waals surface area contributed by atoms with Gasteiger partial charge in [-0.1, -0.05) is 0 Å². The standard InChI is InChI=1S/C15H21N3O4/c1-9-12(16-10(2)22-9)13(19)18-6-11-4-5-17(3)7-15(11,8-18)14(20)21/h11H,4-8H2,1-3H3,(H,20,21). The fourth-order valence-corrected chi connectivity index (χ4v) is 3.80. The van der Waals surface area contributed by atoms with Crippen molar-refractivity contribution < 1.29 is 19.1 Å². The van der Waals surface area contributed by atoms with Gasteiger partial charge in [-0.15, -0.1) is 0 Å². The Morgan fingerprint density at radius 3 is 2.68 bits per heavy atom. The van der Waals surface area contributed by atoms with Gasteiger partial charge in [-0.05, 0) is 32.9 Å². The molecule has 2 aliphatic heterocycles. The zero-order valence-electron chi connectivity index (χ0n) is 13.1. The lowest BCUT2D eigenvalue weighted by Gasteiger charge is -2.39. The molecule has 1 amide bonds. The molecule has 0 aromatic carbocycles. The van der Waals surface area contributed by atoms with Crippen LogP contribution < -0.4 is 0 Å². The van der Waals surface area contributed by atoms with Crippen molar-refractivity contribution in [2.75, 3.05) is 33.2 Å². The maximum Gasteiger partial charge on any atom is 0.313 e. The maximum absolute atomic E-state index is 12.7. The summed E-state index contributed by atoms with van der Waals surface area (Å²) in [7, 11) is 1.93. The van der Waals surface area contributed by atoms with Crippen LogP contribution in [-0.2, 0) is 4.79 Å². The summed E-state index contributed by atoms with van der Waals surface area (Å²) in [4.78, 5) is 32.3. The average molecular weight is 307 g/mol. The molecule has 0 aliphatic carbocycles. The minimum absolute atomic E-state index is 0.00143. The lowest BCUT2D eigenvalue weighted by Crippen LogP contribution is -2.52. The molecule has 7 nitrogen and oxygen atoms in total. The van der Waals surface area contributed by atoms with Crippen LogP contribution in [0.3, 0.4) is 0 Å². The highest BCUT2D eigenvalue weighted by atomic mass is 16.4. The highest BCUT2D eigenvalue weighted by Gasteiger charge is 2.55. The van der Waals surface area contributed by atoms with Crippen LogP contribution in [0.5, 0.6) is 0 Å². The van der Waals surface area contributed by atoms with E-state index in [1.165, 1.54) is 0 Å². The van der Waals surface area contributed by atoms with Crippen molar-refractivity contribution in [3.63, 3.8) is 0 Å². The van der Waals surface area contributed by atoms with Crippen LogP contribution in [0, 0.1) is 25.2 Å². The van der Waals surface area contributed by atoms with E-state index in [1.54, 1.807) is 18.7 Å². The van der Waals surface area contributed by atoms with Crippen molar-refractivity contribution in [3.05, 3.63) is 17.3 Å². The molecule has 2 atom stereocenters. The van der Waals surface area contributed by atoms with Gasteiger partial charge in [-0.2, -0.15) is 0 Å².